The van der Waals surface area contributed by atoms with Crippen molar-refractivity contribution < 1.29 is 9.47 Å². The summed E-state index contributed by atoms with van der Waals surface area (Å²) in [4.78, 5) is 2.01. The lowest BCUT2D eigenvalue weighted by Crippen LogP contribution is -2.64. The van der Waals surface area contributed by atoms with Crippen molar-refractivity contribution in [3.05, 3.63) is 28.8 Å². The molecule has 0 atom stereocenters. The maximum atomic E-state index is 9.04. The molecule has 0 saturated carbocycles. The van der Waals surface area contributed by atoms with Crippen molar-refractivity contribution in [1.82, 2.24) is 0 Å². The number of halogens is 1. The summed E-state index contributed by atoms with van der Waals surface area (Å²) in [6, 6.07) is 7.37. The van der Waals surface area contributed by atoms with E-state index in [2.05, 4.69) is 6.07 Å². The monoisotopic (exact) mass is 252 g/mol. The van der Waals surface area contributed by atoms with Crippen molar-refractivity contribution in [2.45, 2.75) is 5.79 Å². The highest BCUT2D eigenvalue weighted by atomic mass is 35.5. The third-order valence-corrected chi connectivity index (χ3v) is 3.26. The summed E-state index contributed by atoms with van der Waals surface area (Å²) < 4.78 is 10.6. The van der Waals surface area contributed by atoms with Gasteiger partial charge in [-0.05, 0) is 18.2 Å². The van der Waals surface area contributed by atoms with Gasteiger partial charge in [0, 0.05) is 19.2 Å². The fourth-order valence-electron chi connectivity index (χ4n) is 1.91. The van der Waals surface area contributed by atoms with Gasteiger partial charge in [-0.2, -0.15) is 5.26 Å². The Kier molecular flexibility index (Phi) is 3.25. The first-order valence-corrected chi connectivity index (χ1v) is 5.57. The zero-order chi connectivity index (χ0) is 12.5. The first-order chi connectivity index (χ1) is 8.14. The molecule has 1 aliphatic heterocycles. The van der Waals surface area contributed by atoms with E-state index in [0.29, 0.717) is 23.7 Å². The van der Waals surface area contributed by atoms with Crippen LogP contribution in [0.1, 0.15) is 5.56 Å². The summed E-state index contributed by atoms with van der Waals surface area (Å²) in [6.07, 6.45) is 0. The second-order valence-corrected chi connectivity index (χ2v) is 4.38. The molecular weight excluding hydrogens is 240 g/mol. The molecule has 0 amide bonds. The van der Waals surface area contributed by atoms with E-state index in [4.69, 9.17) is 26.3 Å². The highest BCUT2D eigenvalue weighted by Crippen LogP contribution is 2.34. The summed E-state index contributed by atoms with van der Waals surface area (Å²) in [5, 5.41) is 9.66. The molecule has 5 heteroatoms. The number of methoxy groups -OCH3 is 2. The van der Waals surface area contributed by atoms with Gasteiger partial charge in [-0.3, -0.25) is 0 Å². The maximum absolute atomic E-state index is 9.04. The van der Waals surface area contributed by atoms with Crippen LogP contribution in [0.25, 0.3) is 0 Å². The summed E-state index contributed by atoms with van der Waals surface area (Å²) in [7, 11) is 3.23. The SMILES string of the molecule is COC1(OC)CN(c2cc(Cl)ccc2C#N)C1. The third kappa shape index (κ3) is 2.09. The smallest absolute Gasteiger partial charge is 0.203 e. The van der Waals surface area contributed by atoms with Crippen molar-refractivity contribution in [3.63, 3.8) is 0 Å². The number of ether oxygens (including phenoxy) is 2. The average Bonchev–Trinajstić information content (AvgIpc) is 2.29. The molecule has 4 nitrogen and oxygen atoms in total. The molecule has 1 saturated heterocycles. The van der Waals surface area contributed by atoms with Gasteiger partial charge in [-0.1, -0.05) is 11.6 Å². The molecule has 0 N–H and O–H groups in total. The second kappa shape index (κ2) is 4.53. The lowest BCUT2D eigenvalue weighted by Gasteiger charge is -2.48. The van der Waals surface area contributed by atoms with Crippen molar-refractivity contribution in [2.75, 3.05) is 32.2 Å². The van der Waals surface area contributed by atoms with Crippen LogP contribution in [0.3, 0.4) is 0 Å². The average molecular weight is 253 g/mol. The van der Waals surface area contributed by atoms with Crippen LogP contribution in [0.2, 0.25) is 5.02 Å². The molecule has 1 aliphatic rings. The highest BCUT2D eigenvalue weighted by molar-refractivity contribution is 6.30. The Morgan fingerprint density at radius 1 is 1.35 bits per heavy atom. The molecule has 2 rings (SSSR count). The van der Waals surface area contributed by atoms with Crippen molar-refractivity contribution >= 4 is 17.3 Å². The zero-order valence-corrected chi connectivity index (χ0v) is 10.5. The largest absolute Gasteiger partial charge is 0.359 e. The van der Waals surface area contributed by atoms with Gasteiger partial charge in [0.2, 0.25) is 5.79 Å². The number of benzene rings is 1. The van der Waals surface area contributed by atoms with E-state index in [-0.39, 0.29) is 0 Å². The molecule has 90 valence electrons. The maximum Gasteiger partial charge on any atom is 0.203 e. The summed E-state index contributed by atoms with van der Waals surface area (Å²) in [5.41, 5.74) is 1.43. The Labute approximate surface area is 105 Å². The molecule has 0 unspecified atom stereocenters. The molecule has 0 bridgehead atoms. The minimum atomic E-state index is -0.560. The van der Waals surface area contributed by atoms with Crippen LogP contribution in [0.5, 0.6) is 0 Å². The van der Waals surface area contributed by atoms with E-state index in [0.717, 1.165) is 5.69 Å². The molecule has 1 heterocycles. The number of hydrogen-bond acceptors (Lipinski definition) is 4. The number of rotatable bonds is 3. The fraction of sp³-hybridized carbons (Fsp3) is 0.417. The van der Waals surface area contributed by atoms with Gasteiger partial charge in [0.05, 0.1) is 24.3 Å². The first-order valence-electron chi connectivity index (χ1n) is 5.19. The topological polar surface area (TPSA) is 45.5 Å². The predicted octanol–water partition coefficient (Wildman–Crippen LogP) is 2.02. The lowest BCUT2D eigenvalue weighted by molar-refractivity contribution is -0.219. The third-order valence-electron chi connectivity index (χ3n) is 3.03. The van der Waals surface area contributed by atoms with Crippen molar-refractivity contribution in [2.24, 2.45) is 0 Å². The molecule has 17 heavy (non-hydrogen) atoms. The fourth-order valence-corrected chi connectivity index (χ4v) is 2.07. The van der Waals surface area contributed by atoms with Gasteiger partial charge in [-0.15, -0.1) is 0 Å². The number of hydrogen-bond donors (Lipinski definition) is 0. The minimum Gasteiger partial charge on any atom is -0.359 e. The Morgan fingerprint density at radius 2 is 2.00 bits per heavy atom. The Morgan fingerprint density at radius 3 is 2.53 bits per heavy atom. The van der Waals surface area contributed by atoms with E-state index < -0.39 is 5.79 Å². The molecule has 1 fully saturated rings. The lowest BCUT2D eigenvalue weighted by atomic mass is 10.0. The van der Waals surface area contributed by atoms with Gasteiger partial charge >= 0.3 is 0 Å². The van der Waals surface area contributed by atoms with E-state index >= 15 is 0 Å². The Balaban J connectivity index is 2.21. The Bertz CT molecular complexity index is 458. The van der Waals surface area contributed by atoms with Crippen LogP contribution in [0.4, 0.5) is 5.69 Å². The molecular formula is C12H13ClN2O2. The van der Waals surface area contributed by atoms with Crippen molar-refractivity contribution in [1.29, 1.82) is 5.26 Å². The van der Waals surface area contributed by atoms with Crippen LogP contribution < -0.4 is 4.90 Å². The summed E-state index contributed by atoms with van der Waals surface area (Å²) >= 11 is 5.94. The van der Waals surface area contributed by atoms with Gasteiger partial charge in [0.15, 0.2) is 0 Å². The van der Waals surface area contributed by atoms with Crippen LogP contribution >= 0.6 is 11.6 Å². The minimum absolute atomic E-state index is 0.560. The number of anilines is 1. The van der Waals surface area contributed by atoms with Crippen molar-refractivity contribution in [3.8, 4) is 6.07 Å². The van der Waals surface area contributed by atoms with E-state index in [1.54, 1.807) is 32.4 Å². The van der Waals surface area contributed by atoms with E-state index in [1.165, 1.54) is 0 Å². The van der Waals surface area contributed by atoms with Gasteiger partial charge in [0.25, 0.3) is 0 Å². The quantitative estimate of drug-likeness (QED) is 0.772. The van der Waals surface area contributed by atoms with E-state index in [9.17, 15) is 0 Å². The molecule has 0 spiro atoms. The predicted molar refractivity (Wildman–Crippen MR) is 65.1 cm³/mol. The van der Waals surface area contributed by atoms with Gasteiger partial charge in [0.1, 0.15) is 6.07 Å². The van der Waals surface area contributed by atoms with Crippen LogP contribution in [-0.4, -0.2) is 33.1 Å². The molecule has 1 aromatic carbocycles. The van der Waals surface area contributed by atoms with Crippen LogP contribution in [-0.2, 0) is 9.47 Å². The van der Waals surface area contributed by atoms with Gasteiger partial charge < -0.3 is 14.4 Å². The van der Waals surface area contributed by atoms with E-state index in [1.807, 2.05) is 4.90 Å². The van der Waals surface area contributed by atoms with Gasteiger partial charge in [-0.25, -0.2) is 0 Å². The van der Waals surface area contributed by atoms with Crippen LogP contribution in [0.15, 0.2) is 18.2 Å². The zero-order valence-electron chi connectivity index (χ0n) is 9.74. The highest BCUT2D eigenvalue weighted by Gasteiger charge is 2.44. The number of nitriles is 1. The standard InChI is InChI=1S/C12H13ClN2O2/c1-16-12(17-2)7-15(8-12)11-5-10(13)4-3-9(11)6-14/h3-5H,7-8H2,1-2H3. The molecule has 1 aromatic rings. The normalized spacial score (nSPS) is 17.4. The Hall–Kier alpha value is -1.28. The molecule has 0 radical (unpaired) electrons. The molecule has 0 aliphatic carbocycles. The van der Waals surface area contributed by atoms with Crippen LogP contribution in [0, 0.1) is 11.3 Å². The number of nitrogens with zero attached hydrogens (tertiary/aromatic N) is 2. The molecule has 0 aromatic heterocycles. The second-order valence-electron chi connectivity index (χ2n) is 3.95. The first kappa shape index (κ1) is 12.2. The summed E-state index contributed by atoms with van der Waals surface area (Å²) in [5.74, 6) is -0.560. The summed E-state index contributed by atoms with van der Waals surface area (Å²) in [6.45, 7) is 1.18.